The molecule has 0 aliphatic heterocycles. The molecular formula is C10H14N4O2. The van der Waals surface area contributed by atoms with Gasteiger partial charge in [0.05, 0.1) is 0 Å². The zero-order chi connectivity index (χ0) is 11.8. The van der Waals surface area contributed by atoms with E-state index >= 15 is 0 Å². The third-order valence-electron chi connectivity index (χ3n) is 1.81. The number of nitrogens with two attached hydrogens (primary N) is 1. The van der Waals surface area contributed by atoms with E-state index in [1.807, 2.05) is 6.07 Å². The Morgan fingerprint density at radius 3 is 2.69 bits per heavy atom. The summed E-state index contributed by atoms with van der Waals surface area (Å²) < 4.78 is 0. The number of rotatable bonds is 4. The molecule has 0 aliphatic carbocycles. The number of amides is 2. The number of hydrogen-bond donors (Lipinski definition) is 3. The molecule has 6 heteroatoms. The van der Waals surface area contributed by atoms with E-state index in [0.29, 0.717) is 13.1 Å². The van der Waals surface area contributed by atoms with Gasteiger partial charge in [-0.25, -0.2) is 0 Å². The molecule has 4 N–H and O–H groups in total. The third kappa shape index (κ3) is 4.05. The largest absolute Gasteiger partial charge is 0.347 e. The van der Waals surface area contributed by atoms with Crippen LogP contribution in [0.3, 0.4) is 0 Å². The molecule has 0 atom stereocenters. The molecule has 0 aromatic carbocycles. The maximum Gasteiger partial charge on any atom is 0.309 e. The van der Waals surface area contributed by atoms with Crippen LogP contribution >= 0.6 is 0 Å². The summed E-state index contributed by atoms with van der Waals surface area (Å²) in [5.41, 5.74) is 6.02. The Hall–Kier alpha value is -1.95. The van der Waals surface area contributed by atoms with Crippen molar-refractivity contribution in [1.29, 1.82) is 0 Å². The minimum Gasteiger partial charge on any atom is -0.347 e. The number of nitrogens with one attached hydrogen (secondary N) is 2. The van der Waals surface area contributed by atoms with Gasteiger partial charge in [0.1, 0.15) is 0 Å². The number of carbonyl (C=O) groups excluding carboxylic acids is 2. The Morgan fingerprint density at radius 2 is 2.06 bits per heavy atom. The topological polar surface area (TPSA) is 97.1 Å². The standard InChI is InChI=1S/C10H14N4O2/c11-3-5-13-9(15)10(16)14-7-8-2-1-4-12-6-8/h1-2,4,6H,3,5,7,11H2,(H,13,15)(H,14,16). The normalized spacial score (nSPS) is 9.56. The second-order valence-corrected chi connectivity index (χ2v) is 3.09. The van der Waals surface area contributed by atoms with Crippen molar-refractivity contribution in [2.24, 2.45) is 5.73 Å². The first kappa shape index (κ1) is 12.1. The molecule has 1 aromatic heterocycles. The second-order valence-electron chi connectivity index (χ2n) is 3.09. The lowest BCUT2D eigenvalue weighted by Gasteiger charge is -2.05. The van der Waals surface area contributed by atoms with Gasteiger partial charge >= 0.3 is 11.8 Å². The van der Waals surface area contributed by atoms with Crippen LogP contribution in [0.1, 0.15) is 5.56 Å². The Labute approximate surface area is 93.2 Å². The van der Waals surface area contributed by atoms with Crippen LogP contribution in [0.2, 0.25) is 0 Å². The number of carbonyl (C=O) groups is 2. The minimum absolute atomic E-state index is 0.280. The van der Waals surface area contributed by atoms with Gasteiger partial charge in [0.15, 0.2) is 0 Å². The summed E-state index contributed by atoms with van der Waals surface area (Å²) in [5, 5.41) is 4.85. The van der Waals surface area contributed by atoms with E-state index < -0.39 is 11.8 Å². The van der Waals surface area contributed by atoms with Crippen LogP contribution in [0.5, 0.6) is 0 Å². The molecule has 0 bridgehead atoms. The van der Waals surface area contributed by atoms with Gasteiger partial charge in [0.25, 0.3) is 0 Å². The highest BCUT2D eigenvalue weighted by atomic mass is 16.2. The molecule has 0 radical (unpaired) electrons. The van der Waals surface area contributed by atoms with Crippen LogP contribution < -0.4 is 16.4 Å². The molecular weight excluding hydrogens is 208 g/mol. The van der Waals surface area contributed by atoms with Gasteiger partial charge in [0.2, 0.25) is 0 Å². The van der Waals surface area contributed by atoms with E-state index in [4.69, 9.17) is 5.73 Å². The molecule has 0 spiro atoms. The molecule has 6 nitrogen and oxygen atoms in total. The molecule has 2 amide bonds. The first-order valence-corrected chi connectivity index (χ1v) is 4.89. The van der Waals surface area contributed by atoms with Crippen LogP contribution in [0.15, 0.2) is 24.5 Å². The van der Waals surface area contributed by atoms with Crippen molar-refractivity contribution >= 4 is 11.8 Å². The Balaban J connectivity index is 2.32. The molecule has 1 heterocycles. The van der Waals surface area contributed by atoms with Crippen molar-refractivity contribution in [3.8, 4) is 0 Å². The summed E-state index contributed by atoms with van der Waals surface area (Å²) in [5.74, 6) is -1.34. The van der Waals surface area contributed by atoms with E-state index in [9.17, 15) is 9.59 Å². The molecule has 0 fully saturated rings. The van der Waals surface area contributed by atoms with Crippen LogP contribution in [0.4, 0.5) is 0 Å². The van der Waals surface area contributed by atoms with Gasteiger partial charge in [-0.2, -0.15) is 0 Å². The van der Waals surface area contributed by atoms with E-state index in [2.05, 4.69) is 15.6 Å². The highest BCUT2D eigenvalue weighted by molar-refractivity contribution is 6.35. The summed E-state index contributed by atoms with van der Waals surface area (Å²) in [7, 11) is 0. The van der Waals surface area contributed by atoms with Crippen LogP contribution in [-0.4, -0.2) is 29.9 Å². The number of hydrogen-bond acceptors (Lipinski definition) is 4. The molecule has 0 aliphatic rings. The van der Waals surface area contributed by atoms with Gasteiger partial charge in [0, 0.05) is 32.0 Å². The summed E-state index contributed by atoms with van der Waals surface area (Å²) in [4.78, 5) is 26.3. The first-order chi connectivity index (χ1) is 7.74. The van der Waals surface area contributed by atoms with E-state index in [1.54, 1.807) is 18.5 Å². The zero-order valence-corrected chi connectivity index (χ0v) is 8.77. The SMILES string of the molecule is NCCNC(=O)C(=O)NCc1cccnc1. The summed E-state index contributed by atoms with van der Waals surface area (Å²) in [6, 6.07) is 3.57. The maximum absolute atomic E-state index is 11.2. The van der Waals surface area contributed by atoms with Gasteiger partial charge in [-0.3, -0.25) is 14.6 Å². The van der Waals surface area contributed by atoms with Crippen molar-refractivity contribution in [3.63, 3.8) is 0 Å². The van der Waals surface area contributed by atoms with E-state index in [-0.39, 0.29) is 6.54 Å². The van der Waals surface area contributed by atoms with Crippen molar-refractivity contribution in [2.45, 2.75) is 6.54 Å². The van der Waals surface area contributed by atoms with Crippen molar-refractivity contribution < 1.29 is 9.59 Å². The number of nitrogens with zero attached hydrogens (tertiary/aromatic N) is 1. The van der Waals surface area contributed by atoms with Gasteiger partial charge in [-0.1, -0.05) is 6.07 Å². The quantitative estimate of drug-likeness (QED) is 0.556. The van der Waals surface area contributed by atoms with E-state index in [0.717, 1.165) is 5.56 Å². The van der Waals surface area contributed by atoms with Crippen LogP contribution in [-0.2, 0) is 16.1 Å². The molecule has 86 valence electrons. The first-order valence-electron chi connectivity index (χ1n) is 4.89. The predicted molar refractivity (Wildman–Crippen MR) is 58.1 cm³/mol. The van der Waals surface area contributed by atoms with Gasteiger partial charge < -0.3 is 16.4 Å². The fourth-order valence-electron chi connectivity index (χ4n) is 1.03. The fraction of sp³-hybridized carbons (Fsp3) is 0.300. The third-order valence-corrected chi connectivity index (χ3v) is 1.81. The maximum atomic E-state index is 11.2. The summed E-state index contributed by atoms with van der Waals surface area (Å²) in [6.07, 6.45) is 3.26. The zero-order valence-electron chi connectivity index (χ0n) is 8.77. The lowest BCUT2D eigenvalue weighted by Crippen LogP contribution is -2.41. The highest BCUT2D eigenvalue weighted by Crippen LogP contribution is 1.93. The van der Waals surface area contributed by atoms with Crippen molar-refractivity contribution in [2.75, 3.05) is 13.1 Å². The van der Waals surface area contributed by atoms with E-state index in [1.165, 1.54) is 0 Å². The fourth-order valence-corrected chi connectivity index (χ4v) is 1.03. The monoisotopic (exact) mass is 222 g/mol. The van der Waals surface area contributed by atoms with Crippen LogP contribution in [0.25, 0.3) is 0 Å². The average Bonchev–Trinajstić information content (AvgIpc) is 2.34. The molecule has 0 saturated heterocycles. The lowest BCUT2D eigenvalue weighted by molar-refractivity contribution is -0.139. The summed E-state index contributed by atoms with van der Waals surface area (Å²) >= 11 is 0. The lowest BCUT2D eigenvalue weighted by atomic mass is 10.3. The second kappa shape index (κ2) is 6.52. The summed E-state index contributed by atoms with van der Waals surface area (Å²) in [6.45, 7) is 0.878. The molecule has 0 unspecified atom stereocenters. The Kier molecular flexibility index (Phi) is 4.94. The number of pyridine rings is 1. The van der Waals surface area contributed by atoms with Gasteiger partial charge in [-0.15, -0.1) is 0 Å². The number of aromatic nitrogens is 1. The van der Waals surface area contributed by atoms with Crippen molar-refractivity contribution in [1.82, 2.24) is 15.6 Å². The Bertz CT molecular complexity index is 353. The molecule has 1 aromatic rings. The predicted octanol–water partition coefficient (Wildman–Crippen LogP) is -1.23. The van der Waals surface area contributed by atoms with Gasteiger partial charge in [-0.05, 0) is 11.6 Å². The highest BCUT2D eigenvalue weighted by Gasteiger charge is 2.11. The average molecular weight is 222 g/mol. The van der Waals surface area contributed by atoms with Crippen LogP contribution in [0, 0.1) is 0 Å². The Morgan fingerprint density at radius 1 is 1.31 bits per heavy atom. The molecule has 0 saturated carbocycles. The molecule has 16 heavy (non-hydrogen) atoms. The molecule has 1 rings (SSSR count). The smallest absolute Gasteiger partial charge is 0.309 e. The van der Waals surface area contributed by atoms with Crippen molar-refractivity contribution in [3.05, 3.63) is 30.1 Å². The minimum atomic E-state index is -0.672.